The Hall–Kier alpha value is -3.62. The first-order valence-electron chi connectivity index (χ1n) is 9.13. The molecule has 0 heterocycles. The van der Waals surface area contributed by atoms with Gasteiger partial charge in [-0.3, -0.25) is 20.4 Å². The van der Waals surface area contributed by atoms with E-state index in [1.165, 1.54) is 37.4 Å². The zero-order chi connectivity index (χ0) is 22.1. The van der Waals surface area contributed by atoms with E-state index in [1.54, 1.807) is 6.07 Å². The average molecular weight is 418 g/mol. The van der Waals surface area contributed by atoms with Gasteiger partial charge in [-0.15, -0.1) is 0 Å². The molecule has 2 N–H and O–H groups in total. The molecule has 0 saturated carbocycles. The van der Waals surface area contributed by atoms with Crippen LogP contribution in [0.3, 0.4) is 0 Å². The lowest BCUT2D eigenvalue weighted by Gasteiger charge is -2.13. The van der Waals surface area contributed by atoms with Crippen LogP contribution in [0.15, 0.2) is 42.5 Å². The van der Waals surface area contributed by atoms with Crippen LogP contribution in [0.1, 0.15) is 34.6 Å². The van der Waals surface area contributed by atoms with E-state index in [1.807, 2.05) is 24.7 Å². The molecule has 0 aliphatic rings. The topological polar surface area (TPSA) is 103 Å². The summed E-state index contributed by atoms with van der Waals surface area (Å²) in [6.45, 7) is 3.84. The number of hydrazine groups is 1. The van der Waals surface area contributed by atoms with Gasteiger partial charge in [-0.1, -0.05) is 26.0 Å². The highest BCUT2D eigenvalue weighted by atomic mass is 19.1. The Morgan fingerprint density at radius 2 is 1.77 bits per heavy atom. The van der Waals surface area contributed by atoms with Gasteiger partial charge in [0.25, 0.3) is 11.8 Å². The molecule has 0 aliphatic heterocycles. The lowest BCUT2D eigenvalue weighted by Crippen LogP contribution is -2.43. The van der Waals surface area contributed by atoms with Crippen molar-refractivity contribution in [2.75, 3.05) is 20.3 Å². The Morgan fingerprint density at radius 3 is 2.43 bits per heavy atom. The maximum atomic E-state index is 13.5. The van der Waals surface area contributed by atoms with Gasteiger partial charge in [0.1, 0.15) is 5.82 Å². The molecule has 9 heteroatoms. The number of ether oxygens (including phenoxy) is 3. The van der Waals surface area contributed by atoms with Crippen molar-refractivity contribution in [2.24, 2.45) is 5.92 Å². The summed E-state index contributed by atoms with van der Waals surface area (Å²) in [5, 5.41) is 0. The number of methoxy groups -OCH3 is 1. The van der Waals surface area contributed by atoms with Gasteiger partial charge in [-0.25, -0.2) is 9.18 Å². The lowest BCUT2D eigenvalue weighted by atomic mass is 10.2. The molecular formula is C21H23FN2O6. The summed E-state index contributed by atoms with van der Waals surface area (Å²) in [7, 11) is 1.44. The number of benzene rings is 2. The van der Waals surface area contributed by atoms with Gasteiger partial charge in [-0.05, 0) is 36.2 Å². The molecule has 0 atom stereocenters. The highest BCUT2D eigenvalue weighted by molar-refractivity contribution is 5.96. The van der Waals surface area contributed by atoms with E-state index < -0.39 is 30.2 Å². The maximum Gasteiger partial charge on any atom is 0.338 e. The van der Waals surface area contributed by atoms with Crippen molar-refractivity contribution < 1.29 is 33.0 Å². The molecule has 2 rings (SSSR count). The minimum absolute atomic E-state index is 0.159. The minimum atomic E-state index is -0.838. The lowest BCUT2D eigenvalue weighted by molar-refractivity contribution is -0.125. The fraction of sp³-hybridized carbons (Fsp3) is 0.286. The molecule has 0 aromatic heterocycles. The second-order valence-corrected chi connectivity index (χ2v) is 6.63. The third-order valence-electron chi connectivity index (χ3n) is 3.74. The molecule has 0 aliphatic carbocycles. The standard InChI is InChI=1S/C21H23FN2O6/c1-13(2)11-29-17-9-8-14(10-18(17)28-3)21(27)30-12-19(25)23-24-20(26)15-6-4-5-7-16(15)22/h4-10,13H,11-12H2,1-3H3,(H,23,25)(H,24,26). The van der Waals surface area contributed by atoms with Crippen LogP contribution in [-0.4, -0.2) is 38.1 Å². The molecule has 160 valence electrons. The molecule has 2 amide bonds. The molecule has 0 unspecified atom stereocenters. The first kappa shape index (κ1) is 22.7. The summed E-state index contributed by atoms with van der Waals surface area (Å²) in [4.78, 5) is 35.8. The Bertz CT molecular complexity index is 916. The molecule has 2 aromatic carbocycles. The highest BCUT2D eigenvalue weighted by Crippen LogP contribution is 2.28. The number of halogens is 1. The zero-order valence-electron chi connectivity index (χ0n) is 16.9. The summed E-state index contributed by atoms with van der Waals surface area (Å²) in [6, 6.07) is 9.79. The number of hydrogen-bond donors (Lipinski definition) is 2. The smallest absolute Gasteiger partial charge is 0.338 e. The van der Waals surface area contributed by atoms with Crippen molar-refractivity contribution in [2.45, 2.75) is 13.8 Å². The van der Waals surface area contributed by atoms with E-state index >= 15 is 0 Å². The molecule has 0 spiro atoms. The Morgan fingerprint density at radius 1 is 1.03 bits per heavy atom. The van der Waals surface area contributed by atoms with Crippen LogP contribution in [0, 0.1) is 11.7 Å². The predicted molar refractivity (Wildman–Crippen MR) is 106 cm³/mol. The van der Waals surface area contributed by atoms with Gasteiger partial charge in [0.05, 0.1) is 24.8 Å². The van der Waals surface area contributed by atoms with E-state index in [-0.39, 0.29) is 11.1 Å². The maximum absolute atomic E-state index is 13.5. The van der Waals surface area contributed by atoms with Gasteiger partial charge in [0, 0.05) is 0 Å². The van der Waals surface area contributed by atoms with Crippen LogP contribution >= 0.6 is 0 Å². The largest absolute Gasteiger partial charge is 0.493 e. The zero-order valence-corrected chi connectivity index (χ0v) is 16.9. The molecule has 0 bridgehead atoms. The van der Waals surface area contributed by atoms with Gasteiger partial charge >= 0.3 is 5.97 Å². The number of amides is 2. The number of esters is 1. The van der Waals surface area contributed by atoms with Crippen molar-refractivity contribution in [3.05, 3.63) is 59.4 Å². The molecule has 2 aromatic rings. The number of rotatable bonds is 8. The predicted octanol–water partition coefficient (Wildman–Crippen LogP) is 2.49. The van der Waals surface area contributed by atoms with Crippen LogP contribution < -0.4 is 20.3 Å². The number of carbonyl (C=O) groups excluding carboxylic acids is 3. The van der Waals surface area contributed by atoms with E-state index in [0.717, 1.165) is 6.07 Å². The normalized spacial score (nSPS) is 10.3. The van der Waals surface area contributed by atoms with Crippen molar-refractivity contribution in [1.82, 2.24) is 10.9 Å². The van der Waals surface area contributed by atoms with Gasteiger partial charge in [0.2, 0.25) is 0 Å². The van der Waals surface area contributed by atoms with Crippen molar-refractivity contribution >= 4 is 17.8 Å². The fourth-order valence-electron chi connectivity index (χ4n) is 2.26. The van der Waals surface area contributed by atoms with Crippen LogP contribution in [0.2, 0.25) is 0 Å². The number of carbonyl (C=O) groups is 3. The summed E-state index contributed by atoms with van der Waals surface area (Å²) < 4.78 is 29.3. The van der Waals surface area contributed by atoms with E-state index in [2.05, 4.69) is 0 Å². The second-order valence-electron chi connectivity index (χ2n) is 6.63. The summed E-state index contributed by atoms with van der Waals surface area (Å²) in [5.41, 5.74) is 4.02. The average Bonchev–Trinajstić information content (AvgIpc) is 2.74. The number of hydrogen-bond acceptors (Lipinski definition) is 6. The van der Waals surface area contributed by atoms with Crippen molar-refractivity contribution in [3.8, 4) is 11.5 Å². The second kappa shape index (κ2) is 10.8. The van der Waals surface area contributed by atoms with Gasteiger partial charge < -0.3 is 14.2 Å². The van der Waals surface area contributed by atoms with Gasteiger partial charge in [0.15, 0.2) is 18.1 Å². The molecular weight excluding hydrogens is 395 g/mol. The summed E-state index contributed by atoms with van der Waals surface area (Å²) >= 11 is 0. The highest BCUT2D eigenvalue weighted by Gasteiger charge is 2.16. The Balaban J connectivity index is 1.86. The molecule has 8 nitrogen and oxygen atoms in total. The quantitative estimate of drug-likeness (QED) is 0.504. The molecule has 30 heavy (non-hydrogen) atoms. The minimum Gasteiger partial charge on any atom is -0.493 e. The first-order chi connectivity index (χ1) is 14.3. The SMILES string of the molecule is COc1cc(C(=O)OCC(=O)NNC(=O)c2ccccc2F)ccc1OCC(C)C. The van der Waals surface area contributed by atoms with E-state index in [0.29, 0.717) is 24.0 Å². The monoisotopic (exact) mass is 418 g/mol. The van der Waals surface area contributed by atoms with Crippen LogP contribution in [0.25, 0.3) is 0 Å². The van der Waals surface area contributed by atoms with E-state index in [9.17, 15) is 18.8 Å². The summed E-state index contributed by atoms with van der Waals surface area (Å²) in [5.74, 6) is -1.98. The molecule has 0 radical (unpaired) electrons. The fourth-order valence-corrected chi connectivity index (χ4v) is 2.26. The van der Waals surface area contributed by atoms with Crippen molar-refractivity contribution in [3.63, 3.8) is 0 Å². The van der Waals surface area contributed by atoms with Gasteiger partial charge in [-0.2, -0.15) is 0 Å². The molecule has 0 fully saturated rings. The third kappa shape index (κ3) is 6.47. The molecule has 0 saturated heterocycles. The van der Waals surface area contributed by atoms with Crippen LogP contribution in [-0.2, 0) is 9.53 Å². The van der Waals surface area contributed by atoms with E-state index in [4.69, 9.17) is 14.2 Å². The number of nitrogens with one attached hydrogen (secondary N) is 2. The Kier molecular flexibility index (Phi) is 8.16. The van der Waals surface area contributed by atoms with Crippen molar-refractivity contribution in [1.29, 1.82) is 0 Å². The third-order valence-corrected chi connectivity index (χ3v) is 3.74. The summed E-state index contributed by atoms with van der Waals surface area (Å²) in [6.07, 6.45) is 0. The Labute approximate surface area is 173 Å². The van der Waals surface area contributed by atoms with Crippen LogP contribution in [0.4, 0.5) is 4.39 Å². The first-order valence-corrected chi connectivity index (χ1v) is 9.13. The van der Waals surface area contributed by atoms with Crippen LogP contribution in [0.5, 0.6) is 11.5 Å².